The standard InChI is InChI=1S/C11H13N3O2/c1-14(5-6-16-2)11(15)10-4-3-9(7-12)8-13-10/h3-4,8H,5-6H2,1-2H3. The van der Waals surface area contributed by atoms with Crippen LogP contribution in [0.3, 0.4) is 0 Å². The number of carbonyl (C=O) groups is 1. The normalized spacial score (nSPS) is 9.56. The number of pyridine rings is 1. The van der Waals surface area contributed by atoms with Crippen LogP contribution in [-0.4, -0.2) is 43.1 Å². The zero-order valence-electron chi connectivity index (χ0n) is 9.30. The Hall–Kier alpha value is -1.93. The average molecular weight is 219 g/mol. The van der Waals surface area contributed by atoms with Gasteiger partial charge in [0.2, 0.25) is 0 Å². The molecule has 1 aromatic rings. The highest BCUT2D eigenvalue weighted by Crippen LogP contribution is 2.02. The fraction of sp³-hybridized carbons (Fsp3) is 0.364. The summed E-state index contributed by atoms with van der Waals surface area (Å²) >= 11 is 0. The van der Waals surface area contributed by atoms with E-state index in [1.807, 2.05) is 6.07 Å². The van der Waals surface area contributed by atoms with E-state index in [9.17, 15) is 4.79 Å². The highest BCUT2D eigenvalue weighted by molar-refractivity contribution is 5.92. The summed E-state index contributed by atoms with van der Waals surface area (Å²) in [6, 6.07) is 5.07. The van der Waals surface area contributed by atoms with Crippen molar-refractivity contribution >= 4 is 5.91 Å². The third kappa shape index (κ3) is 3.04. The minimum Gasteiger partial charge on any atom is -0.383 e. The van der Waals surface area contributed by atoms with Gasteiger partial charge in [-0.05, 0) is 12.1 Å². The summed E-state index contributed by atoms with van der Waals surface area (Å²) in [6.07, 6.45) is 1.39. The lowest BCUT2D eigenvalue weighted by Crippen LogP contribution is -2.30. The van der Waals surface area contributed by atoms with Crippen molar-refractivity contribution in [2.45, 2.75) is 0 Å². The number of ether oxygens (including phenoxy) is 1. The molecule has 5 heteroatoms. The number of nitriles is 1. The predicted molar refractivity (Wildman–Crippen MR) is 57.8 cm³/mol. The number of nitrogens with zero attached hydrogens (tertiary/aromatic N) is 3. The lowest BCUT2D eigenvalue weighted by molar-refractivity contribution is 0.0738. The van der Waals surface area contributed by atoms with E-state index < -0.39 is 0 Å². The molecule has 0 unspecified atom stereocenters. The Bertz CT molecular complexity index is 395. The van der Waals surface area contributed by atoms with E-state index >= 15 is 0 Å². The van der Waals surface area contributed by atoms with Gasteiger partial charge in [0, 0.05) is 26.9 Å². The molecule has 0 N–H and O–H groups in total. The van der Waals surface area contributed by atoms with E-state index in [1.165, 1.54) is 11.1 Å². The number of methoxy groups -OCH3 is 1. The molecule has 0 saturated heterocycles. The summed E-state index contributed by atoms with van der Waals surface area (Å²) < 4.78 is 4.88. The number of likely N-dealkylation sites (N-methyl/N-ethyl adjacent to an activating group) is 1. The summed E-state index contributed by atoms with van der Waals surface area (Å²) in [4.78, 5) is 17.2. The second-order valence-corrected chi connectivity index (χ2v) is 3.26. The van der Waals surface area contributed by atoms with E-state index in [0.717, 1.165) is 0 Å². The maximum Gasteiger partial charge on any atom is 0.272 e. The quantitative estimate of drug-likeness (QED) is 0.746. The molecule has 0 saturated carbocycles. The lowest BCUT2D eigenvalue weighted by Gasteiger charge is -2.15. The highest BCUT2D eigenvalue weighted by Gasteiger charge is 2.12. The monoisotopic (exact) mass is 219 g/mol. The summed E-state index contributed by atoms with van der Waals surface area (Å²) in [5.41, 5.74) is 0.772. The molecule has 0 radical (unpaired) electrons. The van der Waals surface area contributed by atoms with Gasteiger partial charge >= 0.3 is 0 Å². The molecule has 0 aliphatic rings. The van der Waals surface area contributed by atoms with Crippen molar-refractivity contribution in [2.24, 2.45) is 0 Å². The zero-order chi connectivity index (χ0) is 12.0. The smallest absolute Gasteiger partial charge is 0.272 e. The first-order chi connectivity index (χ1) is 7.69. The number of hydrogen-bond donors (Lipinski definition) is 0. The highest BCUT2D eigenvalue weighted by atomic mass is 16.5. The topological polar surface area (TPSA) is 66.2 Å². The number of amides is 1. The second kappa shape index (κ2) is 5.83. The van der Waals surface area contributed by atoms with Crippen molar-refractivity contribution in [1.82, 2.24) is 9.88 Å². The van der Waals surface area contributed by atoms with Crippen molar-refractivity contribution in [2.75, 3.05) is 27.3 Å². The Morgan fingerprint density at radius 2 is 2.38 bits per heavy atom. The average Bonchev–Trinajstić information content (AvgIpc) is 2.35. The minimum atomic E-state index is -0.179. The van der Waals surface area contributed by atoms with Crippen LogP contribution >= 0.6 is 0 Å². The van der Waals surface area contributed by atoms with Crippen LogP contribution in [0.2, 0.25) is 0 Å². The largest absolute Gasteiger partial charge is 0.383 e. The van der Waals surface area contributed by atoms with Gasteiger partial charge in [-0.2, -0.15) is 5.26 Å². The van der Waals surface area contributed by atoms with Gasteiger partial charge in [-0.1, -0.05) is 0 Å². The van der Waals surface area contributed by atoms with Crippen molar-refractivity contribution in [3.05, 3.63) is 29.6 Å². The molecule has 0 aliphatic carbocycles. The molecule has 1 aromatic heterocycles. The molecular formula is C11H13N3O2. The molecule has 0 spiro atoms. The number of carbonyl (C=O) groups excluding carboxylic acids is 1. The maximum absolute atomic E-state index is 11.8. The Morgan fingerprint density at radius 3 is 2.88 bits per heavy atom. The van der Waals surface area contributed by atoms with Crippen LogP contribution in [0, 0.1) is 11.3 Å². The summed E-state index contributed by atoms with van der Waals surface area (Å²) in [5, 5.41) is 8.59. The van der Waals surface area contributed by atoms with Gasteiger partial charge in [0.25, 0.3) is 5.91 Å². The molecule has 1 heterocycles. The number of aromatic nitrogens is 1. The molecule has 0 atom stereocenters. The van der Waals surface area contributed by atoms with Crippen LogP contribution in [0.25, 0.3) is 0 Å². The Labute approximate surface area is 94.3 Å². The van der Waals surface area contributed by atoms with Gasteiger partial charge in [0.15, 0.2) is 0 Å². The van der Waals surface area contributed by atoms with Crippen LogP contribution < -0.4 is 0 Å². The van der Waals surface area contributed by atoms with Crippen LogP contribution in [0.1, 0.15) is 16.1 Å². The van der Waals surface area contributed by atoms with Gasteiger partial charge in [0.1, 0.15) is 11.8 Å². The summed E-state index contributed by atoms with van der Waals surface area (Å²) in [7, 11) is 3.26. The van der Waals surface area contributed by atoms with Crippen molar-refractivity contribution < 1.29 is 9.53 Å². The summed E-state index contributed by atoms with van der Waals surface area (Å²) in [6.45, 7) is 0.996. The maximum atomic E-state index is 11.8. The Kier molecular flexibility index (Phi) is 4.42. The molecular weight excluding hydrogens is 206 g/mol. The fourth-order valence-electron chi connectivity index (χ4n) is 1.11. The SMILES string of the molecule is COCCN(C)C(=O)c1ccc(C#N)cn1. The molecule has 84 valence electrons. The van der Waals surface area contributed by atoms with Crippen LogP contribution in [0.15, 0.2) is 18.3 Å². The molecule has 1 rings (SSSR count). The van der Waals surface area contributed by atoms with Gasteiger partial charge < -0.3 is 9.64 Å². The van der Waals surface area contributed by atoms with Crippen LogP contribution in [0.5, 0.6) is 0 Å². The van der Waals surface area contributed by atoms with Crippen molar-refractivity contribution in [3.63, 3.8) is 0 Å². The molecule has 1 amide bonds. The van der Waals surface area contributed by atoms with E-state index in [0.29, 0.717) is 24.4 Å². The minimum absolute atomic E-state index is 0.179. The zero-order valence-corrected chi connectivity index (χ0v) is 9.30. The summed E-state index contributed by atoms with van der Waals surface area (Å²) in [5.74, 6) is -0.179. The third-order valence-corrected chi connectivity index (χ3v) is 2.09. The molecule has 0 bridgehead atoms. The second-order valence-electron chi connectivity index (χ2n) is 3.26. The predicted octanol–water partition coefficient (Wildman–Crippen LogP) is 0.672. The van der Waals surface area contributed by atoms with Gasteiger partial charge in [-0.25, -0.2) is 4.98 Å². The molecule has 0 fully saturated rings. The van der Waals surface area contributed by atoms with Crippen LogP contribution in [0.4, 0.5) is 0 Å². The molecule has 5 nitrogen and oxygen atoms in total. The van der Waals surface area contributed by atoms with Crippen molar-refractivity contribution in [1.29, 1.82) is 5.26 Å². The van der Waals surface area contributed by atoms with Gasteiger partial charge in [0.05, 0.1) is 12.2 Å². The first-order valence-electron chi connectivity index (χ1n) is 4.79. The van der Waals surface area contributed by atoms with E-state index in [-0.39, 0.29) is 5.91 Å². The Morgan fingerprint density at radius 1 is 1.62 bits per heavy atom. The number of hydrogen-bond acceptors (Lipinski definition) is 4. The van der Waals surface area contributed by atoms with Gasteiger partial charge in [-0.3, -0.25) is 4.79 Å². The third-order valence-electron chi connectivity index (χ3n) is 2.09. The first-order valence-corrected chi connectivity index (χ1v) is 4.79. The molecule has 0 aliphatic heterocycles. The number of rotatable bonds is 4. The van der Waals surface area contributed by atoms with E-state index in [2.05, 4.69) is 4.98 Å². The fourth-order valence-corrected chi connectivity index (χ4v) is 1.11. The van der Waals surface area contributed by atoms with E-state index in [1.54, 1.807) is 26.3 Å². The molecule has 0 aromatic carbocycles. The first kappa shape index (κ1) is 12.1. The van der Waals surface area contributed by atoms with Gasteiger partial charge in [-0.15, -0.1) is 0 Å². The van der Waals surface area contributed by atoms with Crippen molar-refractivity contribution in [3.8, 4) is 6.07 Å². The Balaban J connectivity index is 2.69. The van der Waals surface area contributed by atoms with E-state index in [4.69, 9.17) is 10.00 Å². The van der Waals surface area contributed by atoms with Crippen LogP contribution in [-0.2, 0) is 4.74 Å². The molecule has 16 heavy (non-hydrogen) atoms. The lowest BCUT2D eigenvalue weighted by atomic mass is 10.2.